The van der Waals surface area contributed by atoms with Crippen LogP contribution < -0.4 is 15.0 Å². The van der Waals surface area contributed by atoms with E-state index in [2.05, 4.69) is 4.98 Å². The average molecular weight is 417 g/mol. The molecule has 6 nitrogen and oxygen atoms in total. The monoisotopic (exact) mass is 416 g/mol. The van der Waals surface area contributed by atoms with E-state index in [9.17, 15) is 9.59 Å². The first-order valence-electron chi connectivity index (χ1n) is 8.25. The molecule has 2 aromatic carbocycles. The van der Waals surface area contributed by atoms with Gasteiger partial charge in [0.2, 0.25) is 0 Å². The zero-order valence-corrected chi connectivity index (χ0v) is 16.8. The summed E-state index contributed by atoms with van der Waals surface area (Å²) in [5.74, 6) is 0.945. The molecule has 0 spiro atoms. The molecule has 0 radical (unpaired) electrons. The average Bonchev–Trinajstić information content (AvgIpc) is 2.73. The molecule has 3 aromatic rings. The Balaban J connectivity index is 1.78. The number of ether oxygens (including phenoxy) is 2. The highest BCUT2D eigenvalue weighted by Crippen LogP contribution is 2.28. The first kappa shape index (κ1) is 20.0. The number of benzene rings is 2. The van der Waals surface area contributed by atoms with Gasteiger partial charge in [0.05, 0.1) is 20.0 Å². The molecule has 0 aliphatic carbocycles. The molecule has 3 rings (SSSR count). The van der Waals surface area contributed by atoms with Crippen LogP contribution in [-0.2, 0) is 0 Å². The van der Waals surface area contributed by atoms with Gasteiger partial charge in [-0.05, 0) is 42.5 Å². The Hall–Kier alpha value is -2.77. The van der Waals surface area contributed by atoms with Crippen LogP contribution in [0.3, 0.4) is 0 Å². The van der Waals surface area contributed by atoms with Crippen molar-refractivity contribution in [2.45, 2.75) is 5.03 Å². The van der Waals surface area contributed by atoms with Gasteiger partial charge in [-0.15, -0.1) is 0 Å². The normalized spacial score (nSPS) is 10.5. The fraction of sp³-hybridized carbons (Fsp3) is 0.150. The van der Waals surface area contributed by atoms with Gasteiger partial charge in [0.1, 0.15) is 0 Å². The van der Waals surface area contributed by atoms with E-state index in [0.29, 0.717) is 27.8 Å². The minimum absolute atomic E-state index is 0.0718. The Morgan fingerprint density at radius 1 is 1.11 bits per heavy atom. The van der Waals surface area contributed by atoms with Crippen molar-refractivity contribution < 1.29 is 14.3 Å². The Labute approximate surface area is 171 Å². The van der Waals surface area contributed by atoms with E-state index in [-0.39, 0.29) is 22.1 Å². The number of halogens is 1. The Morgan fingerprint density at radius 2 is 1.82 bits per heavy atom. The molecule has 28 heavy (non-hydrogen) atoms. The smallest absolute Gasteiger partial charge is 0.287 e. The number of carbonyl (C=O) groups is 1. The van der Waals surface area contributed by atoms with E-state index in [1.54, 1.807) is 48.7 Å². The summed E-state index contributed by atoms with van der Waals surface area (Å²) in [7, 11) is 3.04. The van der Waals surface area contributed by atoms with Gasteiger partial charge in [-0.3, -0.25) is 14.2 Å². The maximum atomic E-state index is 12.7. The van der Waals surface area contributed by atoms with E-state index in [1.165, 1.54) is 25.0 Å². The minimum Gasteiger partial charge on any atom is -0.493 e. The van der Waals surface area contributed by atoms with Gasteiger partial charge >= 0.3 is 0 Å². The molecular weight excluding hydrogens is 400 g/mol. The summed E-state index contributed by atoms with van der Waals surface area (Å²) < 4.78 is 11.9. The third-order valence-electron chi connectivity index (χ3n) is 3.96. The summed E-state index contributed by atoms with van der Waals surface area (Å²) in [4.78, 5) is 29.3. The van der Waals surface area contributed by atoms with Crippen molar-refractivity contribution in [3.63, 3.8) is 0 Å². The quantitative estimate of drug-likeness (QED) is 0.430. The number of methoxy groups -OCH3 is 2. The van der Waals surface area contributed by atoms with Crippen LogP contribution in [0.4, 0.5) is 0 Å². The molecule has 8 heteroatoms. The molecule has 0 N–H and O–H groups in total. The van der Waals surface area contributed by atoms with Crippen LogP contribution in [0.5, 0.6) is 11.5 Å². The Morgan fingerprint density at radius 3 is 2.50 bits per heavy atom. The number of nitrogens with zero attached hydrogens (tertiary/aromatic N) is 2. The van der Waals surface area contributed by atoms with Gasteiger partial charge in [-0.1, -0.05) is 23.4 Å². The number of carbonyl (C=O) groups excluding carboxylic acids is 1. The van der Waals surface area contributed by atoms with Gasteiger partial charge in [-0.2, -0.15) is 0 Å². The molecule has 1 aromatic heterocycles. The van der Waals surface area contributed by atoms with Crippen LogP contribution in [0.15, 0.2) is 64.7 Å². The zero-order chi connectivity index (χ0) is 20.1. The lowest BCUT2D eigenvalue weighted by molar-refractivity contribution is 0.102. The first-order chi connectivity index (χ1) is 13.5. The highest BCUT2D eigenvalue weighted by molar-refractivity contribution is 7.99. The molecule has 0 unspecified atom stereocenters. The van der Waals surface area contributed by atoms with Crippen molar-refractivity contribution in [3.05, 3.63) is 75.8 Å². The number of hydrogen-bond acceptors (Lipinski definition) is 6. The van der Waals surface area contributed by atoms with Crippen LogP contribution in [0.25, 0.3) is 5.69 Å². The topological polar surface area (TPSA) is 70.4 Å². The third-order valence-corrected chi connectivity index (χ3v) is 5.17. The van der Waals surface area contributed by atoms with Gasteiger partial charge in [0.15, 0.2) is 22.3 Å². The molecule has 1 heterocycles. The molecule has 0 bridgehead atoms. The van der Waals surface area contributed by atoms with E-state index in [4.69, 9.17) is 21.1 Å². The number of ketones is 1. The summed E-state index contributed by atoms with van der Waals surface area (Å²) in [5, 5.41) is 0.826. The molecule has 144 valence electrons. The highest BCUT2D eigenvalue weighted by atomic mass is 35.5. The van der Waals surface area contributed by atoms with E-state index >= 15 is 0 Å². The predicted molar refractivity (Wildman–Crippen MR) is 109 cm³/mol. The van der Waals surface area contributed by atoms with Gasteiger partial charge in [-0.25, -0.2) is 4.98 Å². The van der Waals surface area contributed by atoms with Crippen LogP contribution in [0.2, 0.25) is 5.02 Å². The number of rotatable bonds is 7. The molecule has 0 saturated heterocycles. The second-order valence-electron chi connectivity index (χ2n) is 5.67. The lowest BCUT2D eigenvalue weighted by Gasteiger charge is -2.09. The summed E-state index contributed by atoms with van der Waals surface area (Å²) in [6.07, 6.45) is 3.10. The first-order valence-corrected chi connectivity index (χ1v) is 9.61. The molecule has 0 amide bonds. The van der Waals surface area contributed by atoms with E-state index < -0.39 is 0 Å². The highest BCUT2D eigenvalue weighted by Gasteiger charge is 2.14. The van der Waals surface area contributed by atoms with Crippen molar-refractivity contribution in [3.8, 4) is 17.2 Å². The van der Waals surface area contributed by atoms with Crippen molar-refractivity contribution in [1.29, 1.82) is 0 Å². The molecule has 0 aliphatic heterocycles. The maximum absolute atomic E-state index is 12.7. The van der Waals surface area contributed by atoms with Crippen LogP contribution in [0, 0.1) is 0 Å². The summed E-state index contributed by atoms with van der Waals surface area (Å²) >= 11 is 6.99. The van der Waals surface area contributed by atoms with Gasteiger partial charge in [0, 0.05) is 28.7 Å². The summed E-state index contributed by atoms with van der Waals surface area (Å²) in [5.41, 5.74) is 0.846. The van der Waals surface area contributed by atoms with Crippen LogP contribution in [-0.4, -0.2) is 35.3 Å². The van der Waals surface area contributed by atoms with Crippen LogP contribution in [0.1, 0.15) is 10.4 Å². The fourth-order valence-electron chi connectivity index (χ4n) is 2.52. The molecule has 0 atom stereocenters. The third kappa shape index (κ3) is 4.37. The summed E-state index contributed by atoms with van der Waals surface area (Å²) in [6, 6.07) is 11.8. The standard InChI is InChI=1S/C20H17ClN2O4S/c1-26-17-8-3-13(11-18(17)27-2)16(24)12-28-19-20(25)23(10-9-22-19)15-6-4-14(21)5-7-15/h3-11H,12H2,1-2H3. The van der Waals surface area contributed by atoms with Gasteiger partial charge in [0.25, 0.3) is 5.56 Å². The van der Waals surface area contributed by atoms with Crippen LogP contribution >= 0.6 is 23.4 Å². The minimum atomic E-state index is -0.296. The van der Waals surface area contributed by atoms with Gasteiger partial charge < -0.3 is 9.47 Å². The zero-order valence-electron chi connectivity index (χ0n) is 15.2. The maximum Gasteiger partial charge on any atom is 0.287 e. The lowest BCUT2D eigenvalue weighted by Crippen LogP contribution is -2.21. The Kier molecular flexibility index (Phi) is 6.38. The largest absolute Gasteiger partial charge is 0.493 e. The molecule has 0 aliphatic rings. The number of hydrogen-bond donors (Lipinski definition) is 0. The lowest BCUT2D eigenvalue weighted by atomic mass is 10.1. The number of aromatic nitrogens is 2. The predicted octanol–water partition coefficient (Wildman–Crippen LogP) is 3.88. The SMILES string of the molecule is COc1ccc(C(=O)CSc2nccn(-c3ccc(Cl)cc3)c2=O)cc1OC. The van der Waals surface area contributed by atoms with Crippen molar-refractivity contribution in [1.82, 2.24) is 9.55 Å². The Bertz CT molecular complexity index is 1050. The van der Waals surface area contributed by atoms with Crippen molar-refractivity contribution >= 4 is 29.1 Å². The molecule has 0 fully saturated rings. The molecule has 0 saturated carbocycles. The fourth-order valence-corrected chi connectivity index (χ4v) is 3.44. The number of Topliss-reactive ketones (excluding diaryl/α,β-unsaturated/α-hetero) is 1. The summed E-state index contributed by atoms with van der Waals surface area (Å²) in [6.45, 7) is 0. The van der Waals surface area contributed by atoms with E-state index in [0.717, 1.165) is 11.8 Å². The molecular formula is C20H17ClN2O4S. The van der Waals surface area contributed by atoms with E-state index in [1.807, 2.05) is 0 Å². The van der Waals surface area contributed by atoms with Crippen molar-refractivity contribution in [2.24, 2.45) is 0 Å². The second-order valence-corrected chi connectivity index (χ2v) is 7.07. The number of thioether (sulfide) groups is 1. The second kappa shape index (κ2) is 8.95. The van der Waals surface area contributed by atoms with Crippen molar-refractivity contribution in [2.75, 3.05) is 20.0 Å².